The number of anilines is 1. The molecule has 0 aliphatic carbocycles. The van der Waals surface area contributed by atoms with E-state index < -0.39 is 0 Å². The number of ether oxygens (including phenoxy) is 1. The lowest BCUT2D eigenvalue weighted by Gasteiger charge is -2.28. The van der Waals surface area contributed by atoms with E-state index in [-0.39, 0.29) is 17.0 Å². The van der Waals surface area contributed by atoms with Crippen LogP contribution in [0.2, 0.25) is 10.0 Å². The van der Waals surface area contributed by atoms with Crippen molar-refractivity contribution in [2.75, 3.05) is 18.5 Å². The second kappa shape index (κ2) is 7.93. The summed E-state index contributed by atoms with van der Waals surface area (Å²) in [6, 6.07) is 5.03. The Bertz CT molecular complexity index is 858. The predicted octanol–water partition coefficient (Wildman–Crippen LogP) is 4.16. The van der Waals surface area contributed by atoms with Crippen LogP contribution in [0.3, 0.4) is 0 Å². The molecule has 6 nitrogen and oxygen atoms in total. The Morgan fingerprint density at radius 3 is 2.88 bits per heavy atom. The Labute approximate surface area is 161 Å². The minimum Gasteiger partial charge on any atom is -0.450 e. The first-order chi connectivity index (χ1) is 12.5. The lowest BCUT2D eigenvalue weighted by atomic mass is 9.97. The molecule has 0 fully saturated rings. The molecule has 136 valence electrons. The van der Waals surface area contributed by atoms with Gasteiger partial charge in [-0.05, 0) is 36.6 Å². The molecule has 1 aromatic carbocycles. The van der Waals surface area contributed by atoms with Crippen molar-refractivity contribution in [2.24, 2.45) is 0 Å². The number of halogens is 2. The molecule has 1 N–H and O–H groups in total. The Morgan fingerprint density at radius 1 is 1.31 bits per heavy atom. The van der Waals surface area contributed by atoms with Crippen molar-refractivity contribution in [3.63, 3.8) is 0 Å². The summed E-state index contributed by atoms with van der Waals surface area (Å²) >= 11 is 12.1. The molecule has 2 heterocycles. The fourth-order valence-corrected chi connectivity index (χ4v) is 3.20. The third-order valence-electron chi connectivity index (χ3n) is 4.11. The summed E-state index contributed by atoms with van der Waals surface area (Å²) in [5.41, 5.74) is 2.60. The van der Waals surface area contributed by atoms with E-state index in [1.54, 1.807) is 36.2 Å². The summed E-state index contributed by atoms with van der Waals surface area (Å²) < 4.78 is 5.04. The predicted molar refractivity (Wildman–Crippen MR) is 99.8 cm³/mol. The van der Waals surface area contributed by atoms with Crippen molar-refractivity contribution in [1.29, 1.82) is 0 Å². The number of nitrogens with zero attached hydrogens (tertiary/aromatic N) is 2. The van der Waals surface area contributed by atoms with Gasteiger partial charge in [-0.3, -0.25) is 9.78 Å². The first kappa shape index (κ1) is 18.5. The molecule has 0 bridgehead atoms. The highest BCUT2D eigenvalue weighted by molar-refractivity contribution is 6.44. The van der Waals surface area contributed by atoms with Crippen LogP contribution in [0.4, 0.5) is 10.5 Å². The molecule has 8 heteroatoms. The highest BCUT2D eigenvalue weighted by Crippen LogP contribution is 2.30. The SMILES string of the molecule is CCOC(=O)N1CCc2c(cncc2C(=O)Nc2cccc(Cl)c2Cl)C1. The Kier molecular flexibility index (Phi) is 5.64. The molecule has 0 unspecified atom stereocenters. The van der Waals surface area contributed by atoms with Gasteiger partial charge in [0.25, 0.3) is 5.91 Å². The number of rotatable bonds is 3. The Balaban J connectivity index is 1.82. The molecule has 26 heavy (non-hydrogen) atoms. The van der Waals surface area contributed by atoms with Crippen LogP contribution in [-0.2, 0) is 17.7 Å². The van der Waals surface area contributed by atoms with Gasteiger partial charge in [-0.25, -0.2) is 4.79 Å². The zero-order valence-corrected chi connectivity index (χ0v) is 15.6. The van der Waals surface area contributed by atoms with Crippen LogP contribution in [0, 0.1) is 0 Å². The number of fused-ring (bicyclic) bond motifs is 1. The standard InChI is InChI=1S/C18H17Cl2N3O3/c1-2-26-18(25)23-7-6-12-11(10-23)8-21-9-13(12)17(24)22-15-5-3-4-14(19)16(15)20/h3-5,8-9H,2,6-7,10H2,1H3,(H,22,24). The van der Waals surface area contributed by atoms with Gasteiger partial charge >= 0.3 is 6.09 Å². The van der Waals surface area contributed by atoms with E-state index in [9.17, 15) is 9.59 Å². The highest BCUT2D eigenvalue weighted by Gasteiger charge is 2.25. The van der Waals surface area contributed by atoms with E-state index >= 15 is 0 Å². The van der Waals surface area contributed by atoms with Gasteiger partial charge in [0.2, 0.25) is 0 Å². The van der Waals surface area contributed by atoms with E-state index in [2.05, 4.69) is 10.3 Å². The summed E-state index contributed by atoms with van der Waals surface area (Å²) in [7, 11) is 0. The average molecular weight is 394 g/mol. The van der Waals surface area contributed by atoms with Crippen molar-refractivity contribution in [3.8, 4) is 0 Å². The summed E-state index contributed by atoms with van der Waals surface area (Å²) in [5.74, 6) is -0.317. The Hall–Kier alpha value is -2.31. The molecular weight excluding hydrogens is 377 g/mol. The molecule has 0 saturated carbocycles. The lowest BCUT2D eigenvalue weighted by Crippen LogP contribution is -2.37. The number of carbonyl (C=O) groups is 2. The highest BCUT2D eigenvalue weighted by atomic mass is 35.5. The van der Waals surface area contributed by atoms with Crippen LogP contribution >= 0.6 is 23.2 Å². The van der Waals surface area contributed by atoms with Gasteiger partial charge in [-0.15, -0.1) is 0 Å². The topological polar surface area (TPSA) is 71.5 Å². The molecule has 2 aromatic rings. The molecule has 0 spiro atoms. The first-order valence-corrected chi connectivity index (χ1v) is 8.89. The summed E-state index contributed by atoms with van der Waals surface area (Å²) in [5, 5.41) is 3.42. The quantitative estimate of drug-likeness (QED) is 0.849. The van der Waals surface area contributed by atoms with Gasteiger partial charge in [-0.2, -0.15) is 0 Å². The second-order valence-electron chi connectivity index (χ2n) is 5.75. The number of hydrogen-bond acceptors (Lipinski definition) is 4. The minimum atomic E-state index is -0.362. The van der Waals surface area contributed by atoms with E-state index in [0.717, 1.165) is 11.1 Å². The minimum absolute atomic E-state index is 0.286. The van der Waals surface area contributed by atoms with E-state index in [0.29, 0.717) is 42.4 Å². The zero-order valence-electron chi connectivity index (χ0n) is 14.1. The fraction of sp³-hybridized carbons (Fsp3) is 0.278. The van der Waals surface area contributed by atoms with Crippen LogP contribution in [0.1, 0.15) is 28.4 Å². The third-order valence-corrected chi connectivity index (χ3v) is 4.93. The molecule has 3 rings (SSSR count). The monoisotopic (exact) mass is 393 g/mol. The molecule has 1 aliphatic rings. The lowest BCUT2D eigenvalue weighted by molar-refractivity contribution is 0.101. The number of nitrogens with one attached hydrogen (secondary N) is 1. The molecule has 2 amide bonds. The molecule has 1 aromatic heterocycles. The third kappa shape index (κ3) is 3.76. The van der Waals surface area contributed by atoms with E-state index in [1.807, 2.05) is 0 Å². The van der Waals surface area contributed by atoms with Gasteiger partial charge in [0, 0.05) is 18.9 Å². The molecular formula is C18H17Cl2N3O3. The molecule has 0 atom stereocenters. The number of benzene rings is 1. The second-order valence-corrected chi connectivity index (χ2v) is 6.54. The maximum Gasteiger partial charge on any atom is 0.410 e. The van der Waals surface area contributed by atoms with Crippen molar-refractivity contribution < 1.29 is 14.3 Å². The maximum atomic E-state index is 12.7. The fourth-order valence-electron chi connectivity index (χ4n) is 2.85. The van der Waals surface area contributed by atoms with Gasteiger partial charge in [0.05, 0.1) is 34.4 Å². The van der Waals surface area contributed by atoms with Gasteiger partial charge in [0.1, 0.15) is 0 Å². The smallest absolute Gasteiger partial charge is 0.410 e. The van der Waals surface area contributed by atoms with Crippen LogP contribution in [0.15, 0.2) is 30.6 Å². The Morgan fingerprint density at radius 2 is 2.12 bits per heavy atom. The van der Waals surface area contributed by atoms with Crippen molar-refractivity contribution in [1.82, 2.24) is 9.88 Å². The zero-order chi connectivity index (χ0) is 18.7. The van der Waals surface area contributed by atoms with Gasteiger partial charge in [0.15, 0.2) is 0 Å². The summed E-state index contributed by atoms with van der Waals surface area (Å²) in [6.45, 7) is 2.93. The normalized spacial score (nSPS) is 13.1. The summed E-state index contributed by atoms with van der Waals surface area (Å²) in [4.78, 5) is 30.4. The van der Waals surface area contributed by atoms with Gasteiger partial charge in [-0.1, -0.05) is 29.3 Å². The molecule has 1 aliphatic heterocycles. The maximum absolute atomic E-state index is 12.7. The van der Waals surface area contributed by atoms with Crippen LogP contribution in [0.5, 0.6) is 0 Å². The number of aromatic nitrogens is 1. The van der Waals surface area contributed by atoms with Crippen LogP contribution in [0.25, 0.3) is 0 Å². The number of carbonyl (C=O) groups excluding carboxylic acids is 2. The number of pyridine rings is 1. The van der Waals surface area contributed by atoms with Crippen molar-refractivity contribution in [3.05, 3.63) is 57.3 Å². The number of hydrogen-bond donors (Lipinski definition) is 1. The van der Waals surface area contributed by atoms with Crippen molar-refractivity contribution in [2.45, 2.75) is 19.9 Å². The molecule has 0 radical (unpaired) electrons. The molecule has 0 saturated heterocycles. The van der Waals surface area contributed by atoms with Crippen LogP contribution < -0.4 is 5.32 Å². The number of amides is 2. The largest absolute Gasteiger partial charge is 0.450 e. The van der Waals surface area contributed by atoms with Gasteiger partial charge < -0.3 is 15.0 Å². The van der Waals surface area contributed by atoms with Crippen LogP contribution in [-0.4, -0.2) is 35.0 Å². The first-order valence-electron chi connectivity index (χ1n) is 8.14. The van der Waals surface area contributed by atoms with E-state index in [4.69, 9.17) is 27.9 Å². The summed E-state index contributed by atoms with van der Waals surface area (Å²) in [6.07, 6.45) is 3.37. The average Bonchev–Trinajstić information content (AvgIpc) is 2.64. The van der Waals surface area contributed by atoms with Crippen molar-refractivity contribution >= 4 is 40.9 Å². The van der Waals surface area contributed by atoms with E-state index in [1.165, 1.54) is 6.20 Å².